The molecule has 0 unspecified atom stereocenters. The number of anilines is 1. The second-order valence-corrected chi connectivity index (χ2v) is 5.12. The lowest BCUT2D eigenvalue weighted by atomic mass is 10.2. The van der Waals surface area contributed by atoms with E-state index in [0.717, 1.165) is 0 Å². The van der Waals surface area contributed by atoms with Crippen LogP contribution in [0.2, 0.25) is 0 Å². The van der Waals surface area contributed by atoms with Crippen LogP contribution in [0.15, 0.2) is 24.5 Å². The molecule has 1 heterocycles. The molecule has 3 N–H and O–H groups in total. The molecule has 0 spiro atoms. The molecule has 1 aromatic heterocycles. The third kappa shape index (κ3) is 4.19. The third-order valence-corrected chi connectivity index (χ3v) is 3.33. The fourth-order valence-corrected chi connectivity index (χ4v) is 2.15. The van der Waals surface area contributed by atoms with E-state index in [2.05, 4.69) is 26.1 Å². The van der Waals surface area contributed by atoms with Gasteiger partial charge in [0.15, 0.2) is 5.82 Å². The zero-order chi connectivity index (χ0) is 17.5. The first-order valence-electron chi connectivity index (χ1n) is 7.33. The molecule has 1 aromatic carbocycles. The van der Waals surface area contributed by atoms with Crippen molar-refractivity contribution in [2.24, 2.45) is 7.05 Å². The lowest BCUT2D eigenvalue weighted by molar-refractivity contribution is 0.237. The first kappa shape index (κ1) is 17.2. The summed E-state index contributed by atoms with van der Waals surface area (Å²) in [6.45, 7) is 2.45. The molecule has 24 heavy (non-hydrogen) atoms. The molecule has 0 bridgehead atoms. The molecule has 126 valence electrons. The van der Waals surface area contributed by atoms with Crippen LogP contribution in [0.5, 0.6) is 0 Å². The summed E-state index contributed by atoms with van der Waals surface area (Å²) in [5, 5.41) is 24.9. The molecule has 0 aliphatic carbocycles. The molecule has 0 saturated carbocycles. The summed E-state index contributed by atoms with van der Waals surface area (Å²) >= 11 is 0. The number of hydrogen-bond donors (Lipinski definition) is 3. The van der Waals surface area contributed by atoms with E-state index in [1.807, 2.05) is 6.07 Å². The van der Waals surface area contributed by atoms with Gasteiger partial charge in [-0.1, -0.05) is 6.07 Å². The smallest absolute Gasteiger partial charge is 0.315 e. The highest BCUT2D eigenvalue weighted by Crippen LogP contribution is 2.17. The molecule has 0 aliphatic heterocycles. The van der Waals surface area contributed by atoms with Gasteiger partial charge in [0.2, 0.25) is 0 Å². The van der Waals surface area contributed by atoms with E-state index in [4.69, 9.17) is 5.26 Å². The molecule has 0 aliphatic rings. The average molecular weight is 331 g/mol. The number of aromatic nitrogens is 3. The topological polar surface area (TPSA) is 108 Å². The number of rotatable bonds is 6. The van der Waals surface area contributed by atoms with Gasteiger partial charge in [-0.25, -0.2) is 9.18 Å². The van der Waals surface area contributed by atoms with E-state index in [1.165, 1.54) is 12.1 Å². The predicted molar refractivity (Wildman–Crippen MR) is 85.6 cm³/mol. The number of carbonyl (C=O) groups is 1. The maximum absolute atomic E-state index is 13.4. The number of nitrogens with zero attached hydrogens (tertiary/aromatic N) is 4. The molecule has 2 amide bonds. The van der Waals surface area contributed by atoms with Crippen LogP contribution in [0, 0.1) is 17.1 Å². The molecule has 0 fully saturated rings. The number of nitriles is 1. The molecular formula is C15H18FN7O. The van der Waals surface area contributed by atoms with Crippen LogP contribution >= 0.6 is 0 Å². The number of benzene rings is 1. The number of hydrogen-bond acceptors (Lipinski definition) is 5. The Bertz CT molecular complexity index is 753. The molecule has 9 heteroatoms. The Hall–Kier alpha value is -3.15. The van der Waals surface area contributed by atoms with E-state index in [-0.39, 0.29) is 17.6 Å². The van der Waals surface area contributed by atoms with Crippen molar-refractivity contribution in [2.75, 3.05) is 18.4 Å². The maximum atomic E-state index is 13.4. The van der Waals surface area contributed by atoms with Gasteiger partial charge in [0.05, 0.1) is 11.7 Å². The Morgan fingerprint density at radius 1 is 1.46 bits per heavy atom. The van der Waals surface area contributed by atoms with Gasteiger partial charge in [0.25, 0.3) is 0 Å². The molecular weight excluding hydrogens is 313 g/mol. The molecule has 1 atom stereocenters. The van der Waals surface area contributed by atoms with Crippen LogP contribution in [-0.4, -0.2) is 33.9 Å². The van der Waals surface area contributed by atoms with Gasteiger partial charge in [-0.05, 0) is 19.1 Å². The highest BCUT2D eigenvalue weighted by molar-refractivity contribution is 5.74. The van der Waals surface area contributed by atoms with Gasteiger partial charge in [-0.3, -0.25) is 0 Å². The van der Waals surface area contributed by atoms with Crippen molar-refractivity contribution in [1.29, 1.82) is 5.26 Å². The first-order chi connectivity index (χ1) is 11.5. The van der Waals surface area contributed by atoms with Gasteiger partial charge in [-0.2, -0.15) is 5.26 Å². The quantitative estimate of drug-likeness (QED) is 0.692. The summed E-state index contributed by atoms with van der Waals surface area (Å²) in [5.41, 5.74) is 0.352. The van der Waals surface area contributed by atoms with E-state index in [1.54, 1.807) is 30.9 Å². The van der Waals surface area contributed by atoms with Gasteiger partial charge in [0, 0.05) is 20.1 Å². The highest BCUT2D eigenvalue weighted by Gasteiger charge is 2.13. The van der Waals surface area contributed by atoms with Crippen LogP contribution in [-0.2, 0) is 7.05 Å². The van der Waals surface area contributed by atoms with Crippen LogP contribution < -0.4 is 16.0 Å². The summed E-state index contributed by atoms with van der Waals surface area (Å²) in [7, 11) is 1.79. The third-order valence-electron chi connectivity index (χ3n) is 3.33. The molecule has 2 aromatic rings. The molecule has 2 rings (SSSR count). The zero-order valence-corrected chi connectivity index (χ0v) is 13.4. The minimum Gasteiger partial charge on any atom is -0.382 e. The Morgan fingerprint density at radius 2 is 2.25 bits per heavy atom. The van der Waals surface area contributed by atoms with E-state index >= 15 is 0 Å². The molecule has 8 nitrogen and oxygen atoms in total. The highest BCUT2D eigenvalue weighted by atomic mass is 19.1. The van der Waals surface area contributed by atoms with Crippen LogP contribution in [0.25, 0.3) is 0 Å². The van der Waals surface area contributed by atoms with E-state index in [0.29, 0.717) is 24.6 Å². The molecule has 0 saturated heterocycles. The minimum atomic E-state index is -0.578. The number of carbonyl (C=O) groups excluding carboxylic acids is 1. The minimum absolute atomic E-state index is 0.0437. The number of aryl methyl sites for hydroxylation is 1. The Morgan fingerprint density at radius 3 is 2.92 bits per heavy atom. The van der Waals surface area contributed by atoms with Crippen molar-refractivity contribution in [3.63, 3.8) is 0 Å². The summed E-state index contributed by atoms with van der Waals surface area (Å²) in [6, 6.07) is 5.51. The fraction of sp³-hybridized carbons (Fsp3) is 0.333. The SMILES string of the molecule is C[C@H](NC(=O)NCCNc1cccc(F)c1C#N)c1nncn1C. The lowest BCUT2D eigenvalue weighted by Gasteiger charge is -2.14. The average Bonchev–Trinajstić information content (AvgIpc) is 2.98. The van der Waals surface area contributed by atoms with E-state index < -0.39 is 5.82 Å². The number of nitrogens with one attached hydrogen (secondary N) is 3. The second-order valence-electron chi connectivity index (χ2n) is 5.12. The van der Waals surface area contributed by atoms with Crippen molar-refractivity contribution in [3.05, 3.63) is 41.7 Å². The second kappa shape index (κ2) is 7.92. The number of halogens is 1. The van der Waals surface area contributed by atoms with Gasteiger partial charge in [0.1, 0.15) is 23.8 Å². The lowest BCUT2D eigenvalue weighted by Crippen LogP contribution is -2.39. The van der Waals surface area contributed by atoms with E-state index in [9.17, 15) is 9.18 Å². The fourth-order valence-electron chi connectivity index (χ4n) is 2.15. The Kier molecular flexibility index (Phi) is 5.68. The number of amides is 2. The maximum Gasteiger partial charge on any atom is 0.315 e. The van der Waals surface area contributed by atoms with Crippen molar-refractivity contribution in [1.82, 2.24) is 25.4 Å². The van der Waals surface area contributed by atoms with Crippen LogP contribution in [0.1, 0.15) is 24.4 Å². The normalized spacial score (nSPS) is 11.4. The molecule has 0 radical (unpaired) electrons. The Balaban J connectivity index is 1.77. The summed E-state index contributed by atoms with van der Waals surface area (Å²) in [6.07, 6.45) is 1.56. The van der Waals surface area contributed by atoms with Crippen molar-refractivity contribution in [2.45, 2.75) is 13.0 Å². The van der Waals surface area contributed by atoms with Crippen LogP contribution in [0.3, 0.4) is 0 Å². The van der Waals surface area contributed by atoms with Gasteiger partial charge >= 0.3 is 6.03 Å². The largest absolute Gasteiger partial charge is 0.382 e. The monoisotopic (exact) mass is 331 g/mol. The summed E-state index contributed by atoms with van der Waals surface area (Å²) in [5.74, 6) is 0.0624. The van der Waals surface area contributed by atoms with Crippen molar-refractivity contribution < 1.29 is 9.18 Å². The number of urea groups is 1. The summed E-state index contributed by atoms with van der Waals surface area (Å²) < 4.78 is 15.2. The zero-order valence-electron chi connectivity index (χ0n) is 13.4. The van der Waals surface area contributed by atoms with Gasteiger partial charge in [-0.15, -0.1) is 10.2 Å². The first-order valence-corrected chi connectivity index (χ1v) is 7.33. The van der Waals surface area contributed by atoms with Crippen molar-refractivity contribution in [3.8, 4) is 6.07 Å². The predicted octanol–water partition coefficient (Wildman–Crippen LogP) is 1.30. The van der Waals surface area contributed by atoms with Crippen LogP contribution in [0.4, 0.5) is 14.9 Å². The van der Waals surface area contributed by atoms with Crippen molar-refractivity contribution >= 4 is 11.7 Å². The standard InChI is InChI=1S/C15H18FN7O/c1-10(14-22-20-9-23(14)2)21-15(24)19-7-6-18-13-5-3-4-12(16)11(13)8-17/h3-5,9-10,18H,6-7H2,1-2H3,(H2,19,21,24)/t10-/m0/s1. The van der Waals surface area contributed by atoms with Gasteiger partial charge < -0.3 is 20.5 Å². The summed E-state index contributed by atoms with van der Waals surface area (Å²) in [4.78, 5) is 11.8. The Labute approximate surface area is 138 Å².